The molecule has 2 aromatic heterocycles. The van der Waals surface area contributed by atoms with Crippen molar-refractivity contribution in [2.45, 2.75) is 34.0 Å². The summed E-state index contributed by atoms with van der Waals surface area (Å²) in [6.07, 6.45) is -2.96. The van der Waals surface area contributed by atoms with Gasteiger partial charge in [-0.05, 0) is 47.5 Å². The minimum absolute atomic E-state index is 0.165. The molecule has 0 bridgehead atoms. The van der Waals surface area contributed by atoms with Crippen LogP contribution in [0.3, 0.4) is 0 Å². The molecule has 44 heavy (non-hydrogen) atoms. The summed E-state index contributed by atoms with van der Waals surface area (Å²) in [6.45, 7) is 0. The quantitative estimate of drug-likeness (QED) is 0.138. The summed E-state index contributed by atoms with van der Waals surface area (Å²) >= 11 is 15.6. The van der Waals surface area contributed by atoms with E-state index in [4.69, 9.17) is 23.2 Å². The Morgan fingerprint density at radius 1 is 0.523 bits per heavy atom. The first-order valence-corrected chi connectivity index (χ1v) is 16.3. The maximum Gasteiger partial charge on any atom is 0.196 e. The molecule has 0 aliphatic carbocycles. The van der Waals surface area contributed by atoms with Gasteiger partial charge in [-0.25, -0.2) is 0 Å². The third kappa shape index (κ3) is 6.56. The van der Waals surface area contributed by atoms with Crippen molar-refractivity contribution in [1.29, 1.82) is 0 Å². The van der Waals surface area contributed by atoms with Crippen LogP contribution in [0.4, 0.5) is 0 Å². The van der Waals surface area contributed by atoms with Gasteiger partial charge in [0.25, 0.3) is 0 Å². The van der Waals surface area contributed by atoms with Crippen LogP contribution in [0.1, 0.15) is 35.0 Å². The SMILES string of the molecule is O[C@H](c1nnc(SCc2ccccc2Cl)n1-c1ccccc1)[C@H](O)c1nnc(SCc2ccccc2Cl)n1-c1ccccc1. The molecule has 0 unspecified atom stereocenters. The molecule has 12 heteroatoms. The van der Waals surface area contributed by atoms with Gasteiger partial charge in [-0.1, -0.05) is 120 Å². The fraction of sp³-hybridized carbons (Fsp3) is 0.125. The number of benzene rings is 4. The number of thioether (sulfide) groups is 2. The van der Waals surface area contributed by atoms with Crippen LogP contribution >= 0.6 is 46.7 Å². The van der Waals surface area contributed by atoms with Crippen LogP contribution in [0.25, 0.3) is 11.4 Å². The summed E-state index contributed by atoms with van der Waals surface area (Å²) in [4.78, 5) is 0. The highest BCUT2D eigenvalue weighted by atomic mass is 35.5. The van der Waals surface area contributed by atoms with Gasteiger partial charge in [-0.2, -0.15) is 0 Å². The van der Waals surface area contributed by atoms with Crippen molar-refractivity contribution in [2.24, 2.45) is 0 Å². The smallest absolute Gasteiger partial charge is 0.196 e. The Labute approximate surface area is 272 Å². The van der Waals surface area contributed by atoms with Gasteiger partial charge < -0.3 is 10.2 Å². The number of halogens is 2. The van der Waals surface area contributed by atoms with Crippen LogP contribution < -0.4 is 0 Å². The molecule has 0 amide bonds. The maximum atomic E-state index is 11.6. The number of nitrogens with zero attached hydrogens (tertiary/aromatic N) is 6. The Balaban J connectivity index is 1.34. The summed E-state index contributed by atoms with van der Waals surface area (Å²) in [5, 5.41) is 43.1. The molecule has 2 atom stereocenters. The van der Waals surface area contributed by atoms with E-state index in [1.54, 1.807) is 9.13 Å². The van der Waals surface area contributed by atoms with Crippen LogP contribution in [0.5, 0.6) is 0 Å². The molecule has 2 heterocycles. The van der Waals surface area contributed by atoms with Crippen LogP contribution in [0.2, 0.25) is 10.0 Å². The Bertz CT molecular complexity index is 1720. The van der Waals surface area contributed by atoms with E-state index in [1.165, 1.54) is 23.5 Å². The molecule has 0 radical (unpaired) electrons. The molecule has 0 aliphatic heterocycles. The number of aliphatic hydroxyl groups is 2. The molecule has 0 saturated heterocycles. The highest BCUT2D eigenvalue weighted by Crippen LogP contribution is 2.36. The normalized spacial score (nSPS) is 12.7. The molecule has 0 saturated carbocycles. The van der Waals surface area contributed by atoms with Crippen molar-refractivity contribution in [2.75, 3.05) is 0 Å². The fourth-order valence-electron chi connectivity index (χ4n) is 4.57. The van der Waals surface area contributed by atoms with Crippen LogP contribution in [-0.4, -0.2) is 39.7 Å². The number of hydrogen-bond acceptors (Lipinski definition) is 8. The topological polar surface area (TPSA) is 102 Å². The second-order valence-electron chi connectivity index (χ2n) is 9.67. The largest absolute Gasteiger partial charge is 0.382 e. The summed E-state index contributed by atoms with van der Waals surface area (Å²) in [7, 11) is 0. The summed E-state index contributed by atoms with van der Waals surface area (Å²) in [5.41, 5.74) is 3.37. The second kappa shape index (κ2) is 14.0. The molecule has 4 aromatic carbocycles. The van der Waals surface area contributed by atoms with E-state index in [9.17, 15) is 10.2 Å². The van der Waals surface area contributed by atoms with Gasteiger partial charge in [-0.15, -0.1) is 20.4 Å². The lowest BCUT2D eigenvalue weighted by molar-refractivity contribution is 0.00399. The van der Waals surface area contributed by atoms with E-state index in [0.717, 1.165) is 22.5 Å². The fourth-order valence-corrected chi connectivity index (χ4v) is 7.06. The Hall–Kier alpha value is -3.64. The highest BCUT2D eigenvalue weighted by Gasteiger charge is 2.33. The first-order valence-electron chi connectivity index (χ1n) is 13.6. The molecule has 6 aromatic rings. The summed E-state index contributed by atoms with van der Waals surface area (Å²) in [5.74, 6) is 1.41. The molecule has 6 rings (SSSR count). The van der Waals surface area contributed by atoms with Crippen molar-refractivity contribution < 1.29 is 10.2 Å². The van der Waals surface area contributed by atoms with E-state index in [2.05, 4.69) is 20.4 Å². The van der Waals surface area contributed by atoms with Gasteiger partial charge in [0.05, 0.1) is 0 Å². The lowest BCUT2D eigenvalue weighted by Gasteiger charge is -2.20. The monoisotopic (exact) mass is 660 g/mol. The van der Waals surface area contributed by atoms with E-state index in [-0.39, 0.29) is 11.6 Å². The molecular formula is C32H26Cl2N6O2S2. The van der Waals surface area contributed by atoms with E-state index in [0.29, 0.717) is 31.9 Å². The van der Waals surface area contributed by atoms with Crippen molar-refractivity contribution >= 4 is 46.7 Å². The zero-order valence-electron chi connectivity index (χ0n) is 23.1. The number of rotatable bonds is 11. The first kappa shape index (κ1) is 30.4. The second-order valence-corrected chi connectivity index (χ2v) is 12.4. The van der Waals surface area contributed by atoms with Gasteiger partial charge in [0, 0.05) is 32.9 Å². The molecule has 8 nitrogen and oxygen atoms in total. The van der Waals surface area contributed by atoms with E-state index in [1.807, 2.05) is 109 Å². The van der Waals surface area contributed by atoms with Gasteiger partial charge in [0.1, 0.15) is 12.2 Å². The lowest BCUT2D eigenvalue weighted by Crippen LogP contribution is -2.19. The molecule has 0 spiro atoms. The molecule has 2 N–H and O–H groups in total. The zero-order valence-corrected chi connectivity index (χ0v) is 26.3. The van der Waals surface area contributed by atoms with Gasteiger partial charge in [0.2, 0.25) is 0 Å². The van der Waals surface area contributed by atoms with Gasteiger partial charge in [0.15, 0.2) is 22.0 Å². The molecular weight excluding hydrogens is 635 g/mol. The highest BCUT2D eigenvalue weighted by molar-refractivity contribution is 7.98. The molecule has 0 aliphatic rings. The van der Waals surface area contributed by atoms with Gasteiger partial charge in [-0.3, -0.25) is 9.13 Å². The Morgan fingerprint density at radius 3 is 1.27 bits per heavy atom. The van der Waals surface area contributed by atoms with Crippen molar-refractivity contribution in [3.8, 4) is 11.4 Å². The average molecular weight is 662 g/mol. The van der Waals surface area contributed by atoms with Crippen molar-refractivity contribution in [3.05, 3.63) is 142 Å². The van der Waals surface area contributed by atoms with E-state index >= 15 is 0 Å². The zero-order chi connectivity index (χ0) is 30.5. The summed E-state index contributed by atoms with van der Waals surface area (Å²) in [6, 6.07) is 34.1. The maximum absolute atomic E-state index is 11.6. The molecule has 222 valence electrons. The average Bonchev–Trinajstić information content (AvgIpc) is 3.69. The number of aromatic nitrogens is 6. The number of para-hydroxylation sites is 2. The number of aliphatic hydroxyl groups excluding tert-OH is 2. The third-order valence-corrected chi connectivity index (χ3v) is 9.50. The Morgan fingerprint density at radius 2 is 0.886 bits per heavy atom. The minimum Gasteiger partial charge on any atom is -0.382 e. The van der Waals surface area contributed by atoms with Crippen molar-refractivity contribution in [1.82, 2.24) is 29.5 Å². The predicted molar refractivity (Wildman–Crippen MR) is 175 cm³/mol. The predicted octanol–water partition coefficient (Wildman–Crippen LogP) is 7.51. The third-order valence-electron chi connectivity index (χ3n) is 6.80. The Kier molecular flexibility index (Phi) is 9.66. The van der Waals surface area contributed by atoms with E-state index < -0.39 is 12.2 Å². The minimum atomic E-state index is -1.48. The lowest BCUT2D eigenvalue weighted by atomic mass is 10.1. The number of hydrogen-bond donors (Lipinski definition) is 2. The first-order chi connectivity index (χ1) is 21.5. The van der Waals surface area contributed by atoms with Crippen LogP contribution in [-0.2, 0) is 11.5 Å². The standard InChI is InChI=1S/C32H26Cl2N6O2S2/c33-25-17-9-7-11-21(25)19-43-31-37-35-29(39(31)23-13-3-1-4-14-23)27(41)28(42)30-36-38-32(40(30)24-15-5-2-6-16-24)44-20-22-12-8-10-18-26(22)34/h1-18,27-28,41-42H,19-20H2/t27-,28-/m0/s1. The molecule has 0 fully saturated rings. The van der Waals surface area contributed by atoms with Crippen molar-refractivity contribution in [3.63, 3.8) is 0 Å². The van der Waals surface area contributed by atoms with Crippen LogP contribution in [0.15, 0.2) is 120 Å². The van der Waals surface area contributed by atoms with Gasteiger partial charge >= 0.3 is 0 Å². The summed E-state index contributed by atoms with van der Waals surface area (Å²) < 4.78 is 3.48. The van der Waals surface area contributed by atoms with Crippen LogP contribution in [0, 0.1) is 0 Å².